The summed E-state index contributed by atoms with van der Waals surface area (Å²) in [6.45, 7) is 2.66. The predicted molar refractivity (Wildman–Crippen MR) is 150 cm³/mol. The van der Waals surface area contributed by atoms with E-state index in [0.29, 0.717) is 61.2 Å². The first kappa shape index (κ1) is 28.4. The Hall–Kier alpha value is -4.08. The molecule has 2 aliphatic carbocycles. The number of nitrogens with one attached hydrogen (secondary N) is 1. The lowest BCUT2D eigenvalue weighted by atomic mass is 10.0. The van der Waals surface area contributed by atoms with Crippen LogP contribution in [0.25, 0.3) is 0 Å². The van der Waals surface area contributed by atoms with Crippen molar-refractivity contribution in [3.63, 3.8) is 0 Å². The van der Waals surface area contributed by atoms with E-state index in [4.69, 9.17) is 4.74 Å². The van der Waals surface area contributed by atoms with E-state index in [2.05, 4.69) is 31.0 Å². The van der Waals surface area contributed by atoms with Crippen LogP contribution in [0.1, 0.15) is 59.3 Å². The first-order chi connectivity index (χ1) is 19.9. The third kappa shape index (κ3) is 6.81. The first-order valence-electron chi connectivity index (χ1n) is 14.0. The van der Waals surface area contributed by atoms with E-state index in [0.717, 1.165) is 50.6 Å². The molecule has 216 valence electrons. The van der Waals surface area contributed by atoms with E-state index in [-0.39, 0.29) is 23.5 Å². The van der Waals surface area contributed by atoms with Crippen LogP contribution in [-0.4, -0.2) is 90.5 Å². The van der Waals surface area contributed by atoms with Crippen molar-refractivity contribution < 1.29 is 23.9 Å². The maximum absolute atomic E-state index is 13.2. The molecule has 0 atom stereocenters. The highest BCUT2D eigenvalue weighted by Gasteiger charge is 2.35. The molecule has 4 aliphatic rings. The number of fused-ring (bicyclic) bond motifs is 1. The molecule has 2 saturated carbocycles. The van der Waals surface area contributed by atoms with Crippen LogP contribution in [0.4, 0.5) is 16.4 Å². The van der Waals surface area contributed by atoms with Crippen molar-refractivity contribution >= 4 is 29.9 Å². The molecule has 1 saturated heterocycles. The number of hydrogen-bond acceptors (Lipinski definition) is 9. The van der Waals surface area contributed by atoms with Gasteiger partial charge in [-0.3, -0.25) is 24.7 Å². The normalized spacial score (nSPS) is 18.5. The number of piperazine rings is 1. The Morgan fingerprint density at radius 3 is 2.63 bits per heavy atom. The van der Waals surface area contributed by atoms with Gasteiger partial charge in [-0.1, -0.05) is 0 Å². The topological polar surface area (TPSA) is 141 Å². The molecule has 0 bridgehead atoms. The Morgan fingerprint density at radius 2 is 1.98 bits per heavy atom. The average molecular weight is 562 g/mol. The van der Waals surface area contributed by atoms with E-state index >= 15 is 0 Å². The van der Waals surface area contributed by atoms with Gasteiger partial charge < -0.3 is 14.4 Å². The lowest BCUT2D eigenvalue weighted by molar-refractivity contribution is -0.136. The molecule has 0 radical (unpaired) electrons. The van der Waals surface area contributed by atoms with Crippen LogP contribution in [0.3, 0.4) is 0 Å². The van der Waals surface area contributed by atoms with E-state index in [9.17, 15) is 19.6 Å². The molecule has 6 rings (SSSR count). The summed E-state index contributed by atoms with van der Waals surface area (Å²) >= 11 is 0. The molecule has 3 amide bonds. The summed E-state index contributed by atoms with van der Waals surface area (Å²) in [5.41, 5.74) is 2.11. The number of amides is 3. The Bertz CT molecular complexity index is 1350. The van der Waals surface area contributed by atoms with Gasteiger partial charge >= 0.3 is 6.03 Å². The van der Waals surface area contributed by atoms with Gasteiger partial charge in [0.15, 0.2) is 6.29 Å². The van der Waals surface area contributed by atoms with Crippen molar-refractivity contribution in [2.45, 2.75) is 57.2 Å². The van der Waals surface area contributed by atoms with Crippen LogP contribution in [0.5, 0.6) is 5.75 Å². The molecule has 2 aromatic heterocycles. The molecule has 2 aliphatic heterocycles. The van der Waals surface area contributed by atoms with Crippen LogP contribution in [0, 0.1) is 11.3 Å². The second-order valence-corrected chi connectivity index (χ2v) is 10.7. The molecule has 3 fully saturated rings. The second kappa shape index (κ2) is 12.6. The monoisotopic (exact) mass is 561 g/mol. The molecular weight excluding hydrogens is 526 g/mol. The van der Waals surface area contributed by atoms with Gasteiger partial charge in [0, 0.05) is 58.1 Å². The number of pyridine rings is 2. The molecule has 2 aromatic rings. The van der Waals surface area contributed by atoms with Gasteiger partial charge in [0.25, 0.3) is 0 Å². The number of hydrogen-bond donors (Lipinski definition) is 1. The number of ether oxygens (including phenoxy) is 2. The highest BCUT2D eigenvalue weighted by molar-refractivity contribution is 6.01. The standard InChI is InChI=1S/C27H29N7O4.C2H6O/c28-12-19-13-29-24(11-23(19)38-21-5-6-21)31-27(37)34-7-1-2-17-10-18(22(16-35)30-26(17)34)14-33-9-8-32(15-25(33)36)20-3-4-20;1-3-2/h10-11,13,16,20-21H,1-9,14-15H2,(H,29,31,37);1-2H3. The van der Waals surface area contributed by atoms with Gasteiger partial charge in [0.2, 0.25) is 5.91 Å². The van der Waals surface area contributed by atoms with E-state index in [1.54, 1.807) is 25.2 Å². The molecule has 12 nitrogen and oxygen atoms in total. The van der Waals surface area contributed by atoms with Crippen LogP contribution < -0.4 is 15.0 Å². The number of urea groups is 1. The Labute approximate surface area is 239 Å². The predicted octanol–water partition coefficient (Wildman–Crippen LogP) is 2.76. The number of nitriles is 1. The number of aromatic nitrogens is 2. The van der Waals surface area contributed by atoms with E-state index in [1.807, 2.05) is 6.07 Å². The minimum atomic E-state index is -0.427. The molecule has 12 heteroatoms. The van der Waals surface area contributed by atoms with E-state index in [1.165, 1.54) is 11.1 Å². The SMILES string of the molecule is COC.N#Cc1cnc(NC(=O)N2CCCc3cc(CN4CCN(C5CC5)CC4=O)c(C=O)nc32)cc1OC1CC1. The van der Waals surface area contributed by atoms with Gasteiger partial charge in [-0.2, -0.15) is 5.26 Å². The Morgan fingerprint density at radius 1 is 1.20 bits per heavy atom. The zero-order chi connectivity index (χ0) is 28.9. The number of anilines is 2. The minimum absolute atomic E-state index is 0.0682. The highest BCUT2D eigenvalue weighted by Crippen LogP contribution is 2.32. The number of aldehydes is 1. The summed E-state index contributed by atoms with van der Waals surface area (Å²) < 4.78 is 10.0. The van der Waals surface area contributed by atoms with Crippen LogP contribution in [0.2, 0.25) is 0 Å². The fourth-order valence-electron chi connectivity index (χ4n) is 5.06. The quantitative estimate of drug-likeness (QED) is 0.505. The molecule has 0 aromatic carbocycles. The van der Waals surface area contributed by atoms with Crippen molar-refractivity contribution in [1.29, 1.82) is 5.26 Å². The molecular formula is C29H35N7O5. The number of nitrogens with zero attached hydrogens (tertiary/aromatic N) is 6. The summed E-state index contributed by atoms with van der Waals surface area (Å²) in [7, 11) is 3.25. The van der Waals surface area contributed by atoms with Gasteiger partial charge in [0.05, 0.1) is 18.8 Å². The van der Waals surface area contributed by atoms with Crippen molar-refractivity contribution in [3.8, 4) is 11.8 Å². The van der Waals surface area contributed by atoms with Crippen LogP contribution in [-0.2, 0) is 22.5 Å². The molecule has 4 heterocycles. The zero-order valence-corrected chi connectivity index (χ0v) is 23.5. The molecule has 0 unspecified atom stereocenters. The van der Waals surface area contributed by atoms with Crippen molar-refractivity contribution in [1.82, 2.24) is 19.8 Å². The summed E-state index contributed by atoms with van der Waals surface area (Å²) in [4.78, 5) is 52.3. The third-order valence-electron chi connectivity index (χ3n) is 7.44. The lowest BCUT2D eigenvalue weighted by Crippen LogP contribution is -2.50. The summed E-state index contributed by atoms with van der Waals surface area (Å²) in [6.07, 6.45) is 7.84. The maximum atomic E-state index is 13.2. The summed E-state index contributed by atoms with van der Waals surface area (Å²) in [6, 6.07) is 5.66. The zero-order valence-electron chi connectivity index (χ0n) is 23.5. The van der Waals surface area contributed by atoms with Gasteiger partial charge in [-0.05, 0) is 50.2 Å². The highest BCUT2D eigenvalue weighted by atomic mass is 16.5. The average Bonchev–Trinajstić information content (AvgIpc) is 3.89. The molecule has 0 spiro atoms. The van der Waals surface area contributed by atoms with Crippen molar-refractivity contribution in [3.05, 3.63) is 40.7 Å². The lowest BCUT2D eigenvalue weighted by Gasteiger charge is -2.35. The molecule has 1 N–H and O–H groups in total. The number of rotatable bonds is 7. The largest absolute Gasteiger partial charge is 0.489 e. The van der Waals surface area contributed by atoms with Crippen molar-refractivity contribution in [2.24, 2.45) is 0 Å². The third-order valence-corrected chi connectivity index (χ3v) is 7.44. The van der Waals surface area contributed by atoms with Crippen LogP contribution >= 0.6 is 0 Å². The smallest absolute Gasteiger partial charge is 0.328 e. The van der Waals surface area contributed by atoms with Gasteiger partial charge in [-0.25, -0.2) is 14.8 Å². The Balaban J connectivity index is 0.00000108. The molecule has 41 heavy (non-hydrogen) atoms. The fourth-order valence-corrected chi connectivity index (χ4v) is 5.06. The van der Waals surface area contributed by atoms with Gasteiger partial charge in [-0.15, -0.1) is 0 Å². The van der Waals surface area contributed by atoms with Crippen molar-refractivity contribution in [2.75, 3.05) is 50.6 Å². The minimum Gasteiger partial charge on any atom is -0.489 e. The number of carbonyl (C=O) groups is 3. The van der Waals surface area contributed by atoms with Gasteiger partial charge in [0.1, 0.15) is 34.7 Å². The first-order valence-corrected chi connectivity index (χ1v) is 14.0. The summed E-state index contributed by atoms with van der Waals surface area (Å²) in [5, 5.41) is 12.1. The number of carbonyl (C=O) groups excluding carboxylic acids is 3. The van der Waals surface area contributed by atoms with Crippen LogP contribution in [0.15, 0.2) is 18.3 Å². The second-order valence-electron chi connectivity index (χ2n) is 10.7. The summed E-state index contributed by atoms with van der Waals surface area (Å²) in [5.74, 6) is 1.18. The number of aryl methyl sites for hydroxylation is 1. The Kier molecular flexibility index (Phi) is 8.75. The fraction of sp³-hybridized carbons (Fsp3) is 0.517. The van der Waals surface area contributed by atoms with E-state index < -0.39 is 6.03 Å². The number of methoxy groups -OCH3 is 1. The maximum Gasteiger partial charge on any atom is 0.328 e.